The standard InChI is InChI=1S/C15H20N4O3S/c1-8(2)13-17-18-14(22-13)11-7-19(5-6-21-11)15(20)12-9(3)16-10(4)23-12/h8,11H,5-7H2,1-4H3. The molecule has 0 aliphatic carbocycles. The minimum atomic E-state index is -0.373. The summed E-state index contributed by atoms with van der Waals surface area (Å²) in [4.78, 5) is 19.5. The van der Waals surface area contributed by atoms with Crippen molar-refractivity contribution in [1.82, 2.24) is 20.1 Å². The number of morpholine rings is 1. The Bertz CT molecular complexity index is 709. The van der Waals surface area contributed by atoms with Gasteiger partial charge in [-0.2, -0.15) is 0 Å². The smallest absolute Gasteiger partial charge is 0.266 e. The highest BCUT2D eigenvalue weighted by atomic mass is 32.1. The Morgan fingerprint density at radius 1 is 1.35 bits per heavy atom. The van der Waals surface area contributed by atoms with E-state index in [4.69, 9.17) is 9.15 Å². The van der Waals surface area contributed by atoms with Gasteiger partial charge in [0.15, 0.2) is 6.10 Å². The minimum Gasteiger partial charge on any atom is -0.422 e. The van der Waals surface area contributed by atoms with E-state index in [-0.39, 0.29) is 17.9 Å². The summed E-state index contributed by atoms with van der Waals surface area (Å²) in [5.74, 6) is 1.18. The molecular weight excluding hydrogens is 316 g/mol. The molecule has 2 aromatic rings. The number of ether oxygens (including phenoxy) is 1. The van der Waals surface area contributed by atoms with Crippen molar-refractivity contribution in [2.24, 2.45) is 0 Å². The van der Waals surface area contributed by atoms with Crippen molar-refractivity contribution in [2.75, 3.05) is 19.7 Å². The molecule has 1 unspecified atom stereocenters. The van der Waals surface area contributed by atoms with Crippen LogP contribution in [0.4, 0.5) is 0 Å². The van der Waals surface area contributed by atoms with Gasteiger partial charge in [0.05, 0.1) is 23.9 Å². The Morgan fingerprint density at radius 3 is 2.74 bits per heavy atom. The monoisotopic (exact) mass is 336 g/mol. The molecule has 23 heavy (non-hydrogen) atoms. The molecule has 0 bridgehead atoms. The minimum absolute atomic E-state index is 0.00926. The summed E-state index contributed by atoms with van der Waals surface area (Å²) >= 11 is 1.43. The third-order valence-electron chi connectivity index (χ3n) is 3.68. The summed E-state index contributed by atoms with van der Waals surface area (Å²) in [6.45, 7) is 9.16. The van der Waals surface area contributed by atoms with Gasteiger partial charge in [0.25, 0.3) is 5.91 Å². The highest BCUT2D eigenvalue weighted by Gasteiger charge is 2.31. The fourth-order valence-corrected chi connectivity index (χ4v) is 3.35. The molecular formula is C15H20N4O3S. The van der Waals surface area contributed by atoms with Crippen molar-refractivity contribution >= 4 is 17.2 Å². The van der Waals surface area contributed by atoms with E-state index in [1.165, 1.54) is 11.3 Å². The number of nitrogens with zero attached hydrogens (tertiary/aromatic N) is 4. The fourth-order valence-electron chi connectivity index (χ4n) is 2.47. The summed E-state index contributed by atoms with van der Waals surface area (Å²) < 4.78 is 11.4. The number of hydrogen-bond acceptors (Lipinski definition) is 7. The maximum absolute atomic E-state index is 12.7. The van der Waals surface area contributed by atoms with Crippen LogP contribution in [0.3, 0.4) is 0 Å². The first kappa shape index (κ1) is 16.1. The van der Waals surface area contributed by atoms with Gasteiger partial charge in [-0.15, -0.1) is 21.5 Å². The molecule has 8 heteroatoms. The third kappa shape index (κ3) is 3.28. The lowest BCUT2D eigenvalue weighted by Gasteiger charge is -2.31. The van der Waals surface area contributed by atoms with Crippen LogP contribution in [-0.2, 0) is 4.74 Å². The number of thiazole rings is 1. The van der Waals surface area contributed by atoms with E-state index in [0.717, 1.165) is 10.7 Å². The van der Waals surface area contributed by atoms with Crippen molar-refractivity contribution in [2.45, 2.75) is 39.7 Å². The molecule has 1 fully saturated rings. The van der Waals surface area contributed by atoms with Crippen LogP contribution in [-0.4, -0.2) is 45.7 Å². The van der Waals surface area contributed by atoms with Crippen LogP contribution in [0.5, 0.6) is 0 Å². The number of carbonyl (C=O) groups excluding carboxylic acids is 1. The maximum atomic E-state index is 12.7. The second-order valence-electron chi connectivity index (χ2n) is 5.89. The Morgan fingerprint density at radius 2 is 2.13 bits per heavy atom. The van der Waals surface area contributed by atoms with Gasteiger partial charge in [-0.05, 0) is 13.8 Å². The summed E-state index contributed by atoms with van der Waals surface area (Å²) in [6.07, 6.45) is -0.373. The van der Waals surface area contributed by atoms with Crippen molar-refractivity contribution in [3.8, 4) is 0 Å². The van der Waals surface area contributed by atoms with E-state index in [0.29, 0.717) is 36.4 Å². The van der Waals surface area contributed by atoms with Gasteiger partial charge in [0.2, 0.25) is 11.8 Å². The molecule has 1 aliphatic heterocycles. The Labute approximate surface area is 138 Å². The van der Waals surface area contributed by atoms with Crippen LogP contribution in [0.25, 0.3) is 0 Å². The van der Waals surface area contributed by atoms with E-state index >= 15 is 0 Å². The average Bonchev–Trinajstić information content (AvgIpc) is 3.13. The quantitative estimate of drug-likeness (QED) is 0.856. The largest absolute Gasteiger partial charge is 0.422 e. The van der Waals surface area contributed by atoms with Crippen LogP contribution in [0, 0.1) is 13.8 Å². The van der Waals surface area contributed by atoms with E-state index in [1.54, 1.807) is 4.90 Å². The van der Waals surface area contributed by atoms with Crippen molar-refractivity contribution < 1.29 is 13.9 Å². The number of rotatable bonds is 3. The van der Waals surface area contributed by atoms with Crippen molar-refractivity contribution in [1.29, 1.82) is 0 Å². The zero-order valence-corrected chi connectivity index (χ0v) is 14.5. The normalized spacial score (nSPS) is 18.7. The van der Waals surface area contributed by atoms with Crippen molar-refractivity contribution in [3.05, 3.63) is 27.4 Å². The average molecular weight is 336 g/mol. The van der Waals surface area contributed by atoms with E-state index in [2.05, 4.69) is 15.2 Å². The molecule has 1 atom stereocenters. The lowest BCUT2D eigenvalue weighted by molar-refractivity contribution is -0.0350. The first-order valence-electron chi connectivity index (χ1n) is 7.64. The molecule has 1 saturated heterocycles. The fraction of sp³-hybridized carbons (Fsp3) is 0.600. The Kier molecular flexibility index (Phi) is 4.45. The second-order valence-corrected chi connectivity index (χ2v) is 7.09. The molecule has 0 saturated carbocycles. The first-order valence-corrected chi connectivity index (χ1v) is 8.45. The molecule has 1 amide bonds. The molecule has 2 aromatic heterocycles. The molecule has 0 aromatic carbocycles. The van der Waals surface area contributed by atoms with E-state index in [9.17, 15) is 4.79 Å². The topological polar surface area (TPSA) is 81.4 Å². The van der Waals surface area contributed by atoms with Gasteiger partial charge in [-0.25, -0.2) is 4.98 Å². The molecule has 7 nitrogen and oxygen atoms in total. The summed E-state index contributed by atoms with van der Waals surface area (Å²) in [5, 5.41) is 8.99. The molecule has 0 spiro atoms. The van der Waals surface area contributed by atoms with Gasteiger partial charge in [-0.1, -0.05) is 13.8 Å². The van der Waals surface area contributed by atoms with Gasteiger partial charge >= 0.3 is 0 Å². The zero-order chi connectivity index (χ0) is 16.6. The third-order valence-corrected chi connectivity index (χ3v) is 4.74. The molecule has 124 valence electrons. The zero-order valence-electron chi connectivity index (χ0n) is 13.7. The molecule has 1 aliphatic rings. The summed E-state index contributed by atoms with van der Waals surface area (Å²) in [5.41, 5.74) is 0.778. The number of aromatic nitrogens is 3. The molecule has 3 rings (SSSR count). The van der Waals surface area contributed by atoms with Gasteiger partial charge in [-0.3, -0.25) is 4.79 Å². The Hall–Kier alpha value is -1.80. The number of carbonyl (C=O) groups is 1. The van der Waals surface area contributed by atoms with Crippen LogP contribution in [0.15, 0.2) is 4.42 Å². The van der Waals surface area contributed by atoms with Crippen LogP contribution < -0.4 is 0 Å². The predicted molar refractivity (Wildman–Crippen MR) is 84.6 cm³/mol. The predicted octanol–water partition coefficient (Wildman–Crippen LogP) is 2.48. The second kappa shape index (κ2) is 6.37. The van der Waals surface area contributed by atoms with Crippen LogP contribution >= 0.6 is 11.3 Å². The van der Waals surface area contributed by atoms with Crippen molar-refractivity contribution in [3.63, 3.8) is 0 Å². The van der Waals surface area contributed by atoms with E-state index in [1.807, 2.05) is 27.7 Å². The number of amides is 1. The molecule has 3 heterocycles. The molecule has 0 N–H and O–H groups in total. The van der Waals surface area contributed by atoms with Gasteiger partial charge < -0.3 is 14.1 Å². The van der Waals surface area contributed by atoms with Gasteiger partial charge in [0, 0.05) is 12.5 Å². The van der Waals surface area contributed by atoms with Crippen LogP contribution in [0.1, 0.15) is 58.0 Å². The summed E-state index contributed by atoms with van der Waals surface area (Å²) in [6, 6.07) is 0. The van der Waals surface area contributed by atoms with E-state index < -0.39 is 0 Å². The van der Waals surface area contributed by atoms with Crippen LogP contribution in [0.2, 0.25) is 0 Å². The highest BCUT2D eigenvalue weighted by molar-refractivity contribution is 7.13. The molecule has 0 radical (unpaired) electrons. The summed E-state index contributed by atoms with van der Waals surface area (Å²) in [7, 11) is 0. The first-order chi connectivity index (χ1) is 11.0. The number of hydrogen-bond donors (Lipinski definition) is 0. The maximum Gasteiger partial charge on any atom is 0.266 e. The number of aryl methyl sites for hydroxylation is 2. The Balaban J connectivity index is 1.75. The lowest BCUT2D eigenvalue weighted by atomic mass is 10.2. The van der Waals surface area contributed by atoms with Gasteiger partial charge in [0.1, 0.15) is 4.88 Å². The highest BCUT2D eigenvalue weighted by Crippen LogP contribution is 2.26. The SMILES string of the molecule is Cc1nc(C)c(C(=O)N2CCOC(c3nnc(C(C)C)o3)C2)s1. The lowest BCUT2D eigenvalue weighted by Crippen LogP contribution is -2.42.